The Kier molecular flexibility index (Phi) is 8.19. The monoisotopic (exact) mass is 546 g/mol. The summed E-state index contributed by atoms with van der Waals surface area (Å²) >= 11 is 0. The SMILES string of the molecule is C[C@@H](O)[C@H](NC(=O)[C@H](O)Cc1ccc(O)c(O)c1)C(=O)N1CCC[C@H]1C(=O)OCCC1CCC2(C)C1C2(C)C. The molecule has 1 aromatic carbocycles. The van der Waals surface area contributed by atoms with Gasteiger partial charge in [0, 0.05) is 13.0 Å². The number of aliphatic hydroxyl groups excluding tert-OH is 2. The molecule has 1 aliphatic heterocycles. The molecule has 0 radical (unpaired) electrons. The summed E-state index contributed by atoms with van der Waals surface area (Å²) in [7, 11) is 0. The van der Waals surface area contributed by atoms with E-state index in [0.29, 0.717) is 54.2 Å². The van der Waals surface area contributed by atoms with Crippen molar-refractivity contribution in [3.63, 3.8) is 0 Å². The van der Waals surface area contributed by atoms with E-state index in [4.69, 9.17) is 4.74 Å². The van der Waals surface area contributed by atoms with Crippen LogP contribution in [-0.2, 0) is 25.5 Å². The molecule has 3 unspecified atom stereocenters. The number of amides is 2. The Labute approximate surface area is 229 Å². The minimum atomic E-state index is -1.57. The number of likely N-dealkylation sites (tertiary alicyclic amines) is 1. The Balaban J connectivity index is 1.31. The zero-order chi connectivity index (χ0) is 28.7. The third-order valence-electron chi connectivity index (χ3n) is 9.72. The molecule has 4 rings (SSSR count). The summed E-state index contributed by atoms with van der Waals surface area (Å²) in [6.07, 6.45) is 1.15. The molecule has 5 N–H and O–H groups in total. The fraction of sp³-hybridized carbons (Fsp3) is 0.690. The number of aliphatic hydroxyl groups is 2. The molecule has 7 atom stereocenters. The number of hydrogen-bond acceptors (Lipinski definition) is 8. The number of rotatable bonds is 10. The lowest BCUT2D eigenvalue weighted by molar-refractivity contribution is -0.155. The van der Waals surface area contributed by atoms with E-state index >= 15 is 0 Å². The minimum absolute atomic E-state index is 0.183. The normalized spacial score (nSPS) is 29.3. The van der Waals surface area contributed by atoms with Gasteiger partial charge in [0.2, 0.25) is 11.8 Å². The molecule has 10 heteroatoms. The molecule has 39 heavy (non-hydrogen) atoms. The summed E-state index contributed by atoms with van der Waals surface area (Å²) in [6, 6.07) is 1.76. The van der Waals surface area contributed by atoms with Crippen molar-refractivity contribution in [1.29, 1.82) is 0 Å². The van der Waals surface area contributed by atoms with Gasteiger partial charge in [-0.15, -0.1) is 0 Å². The highest BCUT2D eigenvalue weighted by molar-refractivity contribution is 5.92. The second-order valence-corrected chi connectivity index (χ2v) is 12.3. The molecule has 0 spiro atoms. The number of nitrogens with zero attached hydrogens (tertiary/aromatic N) is 1. The van der Waals surface area contributed by atoms with Gasteiger partial charge in [0.25, 0.3) is 0 Å². The van der Waals surface area contributed by atoms with Gasteiger partial charge in [-0.05, 0) is 79.4 Å². The van der Waals surface area contributed by atoms with Crippen molar-refractivity contribution < 1.29 is 39.5 Å². The smallest absolute Gasteiger partial charge is 0.328 e. The molecular formula is C29H42N2O8. The summed E-state index contributed by atoms with van der Waals surface area (Å²) in [6.45, 7) is 8.93. The Hall–Kier alpha value is -2.85. The zero-order valence-corrected chi connectivity index (χ0v) is 23.2. The highest BCUT2D eigenvalue weighted by atomic mass is 16.5. The van der Waals surface area contributed by atoms with E-state index in [1.165, 1.54) is 36.4 Å². The molecule has 10 nitrogen and oxygen atoms in total. The fourth-order valence-corrected chi connectivity index (χ4v) is 7.18. The van der Waals surface area contributed by atoms with E-state index < -0.39 is 42.1 Å². The van der Waals surface area contributed by atoms with Crippen molar-refractivity contribution in [2.45, 2.75) is 90.5 Å². The summed E-state index contributed by atoms with van der Waals surface area (Å²) in [4.78, 5) is 40.3. The van der Waals surface area contributed by atoms with Gasteiger partial charge in [-0.25, -0.2) is 4.79 Å². The first kappa shape index (κ1) is 29.1. The molecule has 3 fully saturated rings. The average molecular weight is 547 g/mol. The molecule has 0 bridgehead atoms. The number of esters is 1. The van der Waals surface area contributed by atoms with Gasteiger partial charge in [0.05, 0.1) is 12.7 Å². The van der Waals surface area contributed by atoms with E-state index in [0.717, 1.165) is 12.8 Å². The van der Waals surface area contributed by atoms with Gasteiger partial charge in [-0.2, -0.15) is 0 Å². The van der Waals surface area contributed by atoms with Crippen LogP contribution in [0.15, 0.2) is 18.2 Å². The van der Waals surface area contributed by atoms with Crippen LogP contribution < -0.4 is 5.32 Å². The highest BCUT2D eigenvalue weighted by Crippen LogP contribution is 2.78. The predicted molar refractivity (Wildman–Crippen MR) is 142 cm³/mol. The number of aromatic hydroxyl groups is 2. The fourth-order valence-electron chi connectivity index (χ4n) is 7.18. The number of phenolic OH excluding ortho intramolecular Hbond substituents is 2. The van der Waals surface area contributed by atoms with Gasteiger partial charge in [0.1, 0.15) is 18.2 Å². The number of nitrogens with one attached hydrogen (secondary N) is 1. The van der Waals surface area contributed by atoms with Crippen LogP contribution in [0.4, 0.5) is 0 Å². The molecule has 1 aromatic rings. The summed E-state index contributed by atoms with van der Waals surface area (Å²) < 4.78 is 5.62. The maximum Gasteiger partial charge on any atom is 0.328 e. The number of phenols is 2. The van der Waals surface area contributed by atoms with Crippen LogP contribution in [0.1, 0.15) is 65.4 Å². The van der Waals surface area contributed by atoms with E-state index in [1.807, 2.05) is 0 Å². The van der Waals surface area contributed by atoms with Crippen LogP contribution >= 0.6 is 0 Å². The number of fused-ring (bicyclic) bond motifs is 1. The Bertz CT molecular complexity index is 1100. The Morgan fingerprint density at radius 2 is 1.85 bits per heavy atom. The largest absolute Gasteiger partial charge is 0.504 e. The van der Waals surface area contributed by atoms with E-state index in [1.54, 1.807) is 0 Å². The number of ether oxygens (including phenoxy) is 1. The van der Waals surface area contributed by atoms with E-state index in [2.05, 4.69) is 26.1 Å². The van der Waals surface area contributed by atoms with Gasteiger partial charge in [-0.3, -0.25) is 9.59 Å². The quantitative estimate of drug-likeness (QED) is 0.220. The topological polar surface area (TPSA) is 157 Å². The predicted octanol–water partition coefficient (Wildman–Crippen LogP) is 1.86. The van der Waals surface area contributed by atoms with Crippen molar-refractivity contribution in [2.24, 2.45) is 22.7 Å². The highest BCUT2D eigenvalue weighted by Gasteiger charge is 2.72. The zero-order valence-electron chi connectivity index (χ0n) is 23.2. The lowest BCUT2D eigenvalue weighted by Crippen LogP contribution is -2.57. The van der Waals surface area contributed by atoms with Crippen molar-refractivity contribution in [1.82, 2.24) is 10.2 Å². The third-order valence-corrected chi connectivity index (χ3v) is 9.72. The maximum absolute atomic E-state index is 13.3. The van der Waals surface area contributed by atoms with Crippen LogP contribution in [-0.4, -0.2) is 80.6 Å². The van der Waals surface area contributed by atoms with E-state index in [9.17, 15) is 34.8 Å². The Morgan fingerprint density at radius 1 is 1.13 bits per heavy atom. The molecule has 216 valence electrons. The third kappa shape index (κ3) is 5.59. The summed E-state index contributed by atoms with van der Waals surface area (Å²) in [5, 5.41) is 42.1. The maximum atomic E-state index is 13.3. The lowest BCUT2D eigenvalue weighted by atomic mass is 9.88. The molecule has 1 heterocycles. The van der Waals surface area contributed by atoms with Crippen molar-refractivity contribution >= 4 is 17.8 Å². The van der Waals surface area contributed by atoms with Crippen molar-refractivity contribution in [2.75, 3.05) is 13.2 Å². The molecule has 1 saturated heterocycles. The Morgan fingerprint density at radius 3 is 2.46 bits per heavy atom. The van der Waals surface area contributed by atoms with Gasteiger partial charge in [-0.1, -0.05) is 26.8 Å². The number of carbonyl (C=O) groups excluding carboxylic acids is 3. The second kappa shape index (κ2) is 11.0. The minimum Gasteiger partial charge on any atom is -0.504 e. The second-order valence-electron chi connectivity index (χ2n) is 12.3. The number of carbonyl (C=O) groups is 3. The van der Waals surface area contributed by atoms with Crippen LogP contribution in [0.3, 0.4) is 0 Å². The van der Waals surface area contributed by atoms with Crippen molar-refractivity contribution in [3.05, 3.63) is 23.8 Å². The van der Waals surface area contributed by atoms with Crippen LogP contribution in [0.5, 0.6) is 11.5 Å². The summed E-state index contributed by atoms with van der Waals surface area (Å²) in [5.74, 6) is -1.50. The first-order valence-corrected chi connectivity index (χ1v) is 13.9. The van der Waals surface area contributed by atoms with Gasteiger partial charge >= 0.3 is 5.97 Å². The molecule has 2 amide bonds. The van der Waals surface area contributed by atoms with E-state index in [-0.39, 0.29) is 17.9 Å². The molecule has 0 aromatic heterocycles. The van der Waals surface area contributed by atoms with Crippen LogP contribution in [0.2, 0.25) is 0 Å². The number of hydrogen-bond donors (Lipinski definition) is 5. The first-order valence-electron chi connectivity index (χ1n) is 13.9. The van der Waals surface area contributed by atoms with Gasteiger partial charge < -0.3 is 35.4 Å². The first-order chi connectivity index (χ1) is 18.3. The molecule has 3 aliphatic rings. The molecular weight excluding hydrogens is 504 g/mol. The van der Waals surface area contributed by atoms with Gasteiger partial charge in [0.15, 0.2) is 11.5 Å². The van der Waals surface area contributed by atoms with Crippen molar-refractivity contribution in [3.8, 4) is 11.5 Å². The van der Waals surface area contributed by atoms with Crippen LogP contribution in [0.25, 0.3) is 0 Å². The summed E-state index contributed by atoms with van der Waals surface area (Å²) in [5.41, 5.74) is 1.10. The molecule has 2 aliphatic carbocycles. The number of benzene rings is 1. The van der Waals surface area contributed by atoms with Crippen LogP contribution in [0, 0.1) is 22.7 Å². The molecule has 2 saturated carbocycles. The lowest BCUT2D eigenvalue weighted by Gasteiger charge is -2.30. The average Bonchev–Trinajstić information content (AvgIpc) is 3.29. The standard InChI is InChI=1S/C29H42N2O8/c1-16(32)23(30-25(36)22(35)15-17-7-8-20(33)21(34)14-17)26(37)31-12-5-6-19(31)27(38)39-13-10-18-9-11-29(4)24(18)28(29,2)3/h7-8,14,16,18-19,22-24,32-35H,5-6,9-13,15H2,1-4H3,(H,30,36)/t16-,18?,19+,22-,23+,24?,29?/m1/s1.